The minimum atomic E-state index is 0.500. The molecule has 0 spiro atoms. The minimum absolute atomic E-state index is 0.500. The van der Waals surface area contributed by atoms with Crippen molar-refractivity contribution in [3.8, 4) is 0 Å². The Hall–Kier alpha value is -0.0400. The SMILES string of the molecule is CC(C)(C)CCN1CC(C)(C)C1. The number of likely N-dealkylation sites (tertiary alicyclic amines) is 1. The van der Waals surface area contributed by atoms with Gasteiger partial charge in [0.25, 0.3) is 0 Å². The Labute approximate surface area is 77.1 Å². The van der Waals surface area contributed by atoms with Gasteiger partial charge in [0.05, 0.1) is 0 Å². The van der Waals surface area contributed by atoms with Crippen molar-refractivity contribution in [2.75, 3.05) is 19.6 Å². The molecule has 0 aromatic heterocycles. The second kappa shape index (κ2) is 3.02. The molecule has 0 saturated carbocycles. The van der Waals surface area contributed by atoms with Gasteiger partial charge < -0.3 is 4.90 Å². The molecular formula is C11H23N. The van der Waals surface area contributed by atoms with E-state index >= 15 is 0 Å². The number of rotatable bonds is 2. The Kier molecular flexibility index (Phi) is 2.53. The van der Waals surface area contributed by atoms with Crippen molar-refractivity contribution in [3.05, 3.63) is 0 Å². The van der Waals surface area contributed by atoms with E-state index in [0.29, 0.717) is 10.8 Å². The fourth-order valence-corrected chi connectivity index (χ4v) is 1.82. The van der Waals surface area contributed by atoms with E-state index in [9.17, 15) is 0 Å². The molecule has 0 unspecified atom stereocenters. The summed E-state index contributed by atoms with van der Waals surface area (Å²) in [5, 5.41) is 0. The Morgan fingerprint density at radius 3 is 2.00 bits per heavy atom. The molecule has 12 heavy (non-hydrogen) atoms. The van der Waals surface area contributed by atoms with E-state index in [2.05, 4.69) is 39.5 Å². The van der Waals surface area contributed by atoms with Crippen LogP contribution < -0.4 is 0 Å². The molecule has 1 saturated heterocycles. The lowest BCUT2D eigenvalue weighted by Gasteiger charge is -2.46. The Balaban J connectivity index is 2.12. The van der Waals surface area contributed by atoms with Gasteiger partial charge in [-0.25, -0.2) is 0 Å². The molecule has 0 amide bonds. The normalized spacial score (nSPS) is 23.8. The molecule has 0 aromatic carbocycles. The maximum absolute atomic E-state index is 2.56. The Bertz CT molecular complexity index is 145. The number of hydrogen-bond donors (Lipinski definition) is 0. The van der Waals surface area contributed by atoms with Crippen LogP contribution in [0.25, 0.3) is 0 Å². The summed E-state index contributed by atoms with van der Waals surface area (Å²) in [6.45, 7) is 15.5. The van der Waals surface area contributed by atoms with E-state index < -0.39 is 0 Å². The van der Waals surface area contributed by atoms with E-state index in [-0.39, 0.29) is 0 Å². The van der Waals surface area contributed by atoms with Gasteiger partial charge in [-0.05, 0) is 23.8 Å². The summed E-state index contributed by atoms with van der Waals surface area (Å²) >= 11 is 0. The standard InChI is InChI=1S/C11H23N/c1-10(2,3)6-7-12-8-11(4,5)9-12/h6-9H2,1-5H3. The maximum Gasteiger partial charge on any atom is 0.00452 e. The van der Waals surface area contributed by atoms with Gasteiger partial charge >= 0.3 is 0 Å². The maximum atomic E-state index is 2.56. The first-order valence-electron chi connectivity index (χ1n) is 5.01. The third kappa shape index (κ3) is 3.14. The van der Waals surface area contributed by atoms with Crippen LogP contribution in [0.1, 0.15) is 41.0 Å². The molecule has 0 bridgehead atoms. The second-order valence-corrected chi connectivity index (χ2v) is 6.19. The molecule has 0 aromatic rings. The lowest BCUT2D eigenvalue weighted by molar-refractivity contribution is 0.0232. The van der Waals surface area contributed by atoms with Gasteiger partial charge in [0.15, 0.2) is 0 Å². The smallest absolute Gasteiger partial charge is 0.00452 e. The van der Waals surface area contributed by atoms with Gasteiger partial charge in [-0.2, -0.15) is 0 Å². The van der Waals surface area contributed by atoms with E-state index in [4.69, 9.17) is 0 Å². The first-order valence-corrected chi connectivity index (χ1v) is 5.01. The molecule has 1 fully saturated rings. The second-order valence-electron chi connectivity index (χ2n) is 6.19. The van der Waals surface area contributed by atoms with Gasteiger partial charge in [-0.1, -0.05) is 34.6 Å². The quantitative estimate of drug-likeness (QED) is 0.614. The molecule has 1 rings (SSSR count). The Morgan fingerprint density at radius 1 is 1.17 bits per heavy atom. The molecule has 1 heteroatoms. The van der Waals surface area contributed by atoms with Crippen molar-refractivity contribution in [1.29, 1.82) is 0 Å². The monoisotopic (exact) mass is 169 g/mol. The summed E-state index contributed by atoms with van der Waals surface area (Å²) in [4.78, 5) is 2.56. The zero-order chi connectivity index (χ0) is 9.41. The molecule has 0 atom stereocenters. The topological polar surface area (TPSA) is 3.24 Å². The zero-order valence-corrected chi connectivity index (χ0v) is 9.28. The lowest BCUT2D eigenvalue weighted by atomic mass is 9.83. The molecule has 0 N–H and O–H groups in total. The van der Waals surface area contributed by atoms with Crippen LogP contribution in [-0.2, 0) is 0 Å². The van der Waals surface area contributed by atoms with Crippen LogP contribution in [0.2, 0.25) is 0 Å². The largest absolute Gasteiger partial charge is 0.302 e. The highest BCUT2D eigenvalue weighted by atomic mass is 15.2. The number of hydrogen-bond acceptors (Lipinski definition) is 1. The van der Waals surface area contributed by atoms with Crippen molar-refractivity contribution in [1.82, 2.24) is 4.90 Å². The van der Waals surface area contributed by atoms with Crippen LogP contribution in [0.4, 0.5) is 0 Å². The molecule has 1 nitrogen and oxygen atoms in total. The lowest BCUT2D eigenvalue weighted by Crippen LogP contribution is -2.53. The highest BCUT2D eigenvalue weighted by Gasteiger charge is 2.33. The summed E-state index contributed by atoms with van der Waals surface area (Å²) in [7, 11) is 0. The van der Waals surface area contributed by atoms with Crippen molar-refractivity contribution in [3.63, 3.8) is 0 Å². The third-order valence-corrected chi connectivity index (χ3v) is 2.48. The Morgan fingerprint density at radius 2 is 1.67 bits per heavy atom. The van der Waals surface area contributed by atoms with Gasteiger partial charge in [0.2, 0.25) is 0 Å². The van der Waals surface area contributed by atoms with E-state index in [1.54, 1.807) is 0 Å². The van der Waals surface area contributed by atoms with Gasteiger partial charge in [-0.15, -0.1) is 0 Å². The van der Waals surface area contributed by atoms with Crippen LogP contribution in [-0.4, -0.2) is 24.5 Å². The van der Waals surface area contributed by atoms with E-state index in [1.807, 2.05) is 0 Å². The summed E-state index contributed by atoms with van der Waals surface area (Å²) in [6, 6.07) is 0. The molecule has 0 radical (unpaired) electrons. The van der Waals surface area contributed by atoms with Crippen LogP contribution in [0.3, 0.4) is 0 Å². The first kappa shape index (κ1) is 10.0. The van der Waals surface area contributed by atoms with Gasteiger partial charge in [0.1, 0.15) is 0 Å². The molecule has 72 valence electrons. The average molecular weight is 169 g/mol. The molecule has 1 aliphatic heterocycles. The molecule has 1 heterocycles. The fourth-order valence-electron chi connectivity index (χ4n) is 1.82. The predicted molar refractivity (Wildman–Crippen MR) is 54.3 cm³/mol. The van der Waals surface area contributed by atoms with Crippen molar-refractivity contribution >= 4 is 0 Å². The first-order chi connectivity index (χ1) is 5.29. The predicted octanol–water partition coefficient (Wildman–Crippen LogP) is 2.76. The summed E-state index contributed by atoms with van der Waals surface area (Å²) in [5.41, 5.74) is 1.09. The van der Waals surface area contributed by atoms with Crippen molar-refractivity contribution in [2.45, 2.75) is 41.0 Å². The summed E-state index contributed by atoms with van der Waals surface area (Å²) in [5.74, 6) is 0. The van der Waals surface area contributed by atoms with Crippen LogP contribution in [0, 0.1) is 10.8 Å². The number of nitrogens with zero attached hydrogens (tertiary/aromatic N) is 1. The highest BCUT2D eigenvalue weighted by Crippen LogP contribution is 2.30. The van der Waals surface area contributed by atoms with Crippen molar-refractivity contribution in [2.24, 2.45) is 10.8 Å². The fraction of sp³-hybridized carbons (Fsp3) is 1.00. The molecule has 1 aliphatic rings. The van der Waals surface area contributed by atoms with Gasteiger partial charge in [-0.3, -0.25) is 0 Å². The third-order valence-electron chi connectivity index (χ3n) is 2.48. The molecular weight excluding hydrogens is 146 g/mol. The summed E-state index contributed by atoms with van der Waals surface area (Å²) < 4.78 is 0. The highest BCUT2D eigenvalue weighted by molar-refractivity contribution is 4.87. The van der Waals surface area contributed by atoms with Crippen LogP contribution in [0.5, 0.6) is 0 Å². The van der Waals surface area contributed by atoms with Crippen molar-refractivity contribution < 1.29 is 0 Å². The van der Waals surface area contributed by atoms with E-state index in [0.717, 1.165) is 0 Å². The van der Waals surface area contributed by atoms with Crippen LogP contribution in [0.15, 0.2) is 0 Å². The summed E-state index contributed by atoms with van der Waals surface area (Å²) in [6.07, 6.45) is 1.32. The van der Waals surface area contributed by atoms with Crippen LogP contribution >= 0.6 is 0 Å². The van der Waals surface area contributed by atoms with E-state index in [1.165, 1.54) is 26.1 Å². The van der Waals surface area contributed by atoms with Gasteiger partial charge in [0, 0.05) is 13.1 Å². The minimum Gasteiger partial charge on any atom is -0.302 e. The molecule has 0 aliphatic carbocycles. The average Bonchev–Trinajstić information content (AvgIpc) is 1.76. The zero-order valence-electron chi connectivity index (χ0n) is 9.28.